The highest BCUT2D eigenvalue weighted by molar-refractivity contribution is 9.11. The number of rotatable bonds is 6. The van der Waals surface area contributed by atoms with Gasteiger partial charge in [0.05, 0.1) is 23.1 Å². The van der Waals surface area contributed by atoms with Gasteiger partial charge in [-0.25, -0.2) is 0 Å². The SMILES string of the molecule is CCOCC(C)OCc1ccc(Br)s1. The lowest BCUT2D eigenvalue weighted by molar-refractivity contribution is -0.0107. The van der Waals surface area contributed by atoms with E-state index in [0.717, 1.165) is 10.4 Å². The van der Waals surface area contributed by atoms with Crippen molar-refractivity contribution >= 4 is 27.3 Å². The van der Waals surface area contributed by atoms with E-state index in [1.165, 1.54) is 4.88 Å². The lowest BCUT2D eigenvalue weighted by Crippen LogP contribution is -2.15. The third-order valence-corrected chi connectivity index (χ3v) is 3.29. The fourth-order valence-corrected chi connectivity index (χ4v) is 2.39. The van der Waals surface area contributed by atoms with Crippen LogP contribution < -0.4 is 0 Å². The van der Waals surface area contributed by atoms with Gasteiger partial charge in [-0.05, 0) is 41.9 Å². The van der Waals surface area contributed by atoms with Gasteiger partial charge in [0.25, 0.3) is 0 Å². The minimum atomic E-state index is 0.163. The Morgan fingerprint density at radius 1 is 1.50 bits per heavy atom. The molecule has 1 aromatic heterocycles. The van der Waals surface area contributed by atoms with E-state index in [-0.39, 0.29) is 6.10 Å². The van der Waals surface area contributed by atoms with Crippen molar-refractivity contribution in [1.29, 1.82) is 0 Å². The molecule has 0 saturated heterocycles. The van der Waals surface area contributed by atoms with Crippen molar-refractivity contribution in [3.05, 3.63) is 20.8 Å². The van der Waals surface area contributed by atoms with Gasteiger partial charge in [-0.3, -0.25) is 0 Å². The second kappa shape index (κ2) is 6.56. The summed E-state index contributed by atoms with van der Waals surface area (Å²) < 4.78 is 12.0. The summed E-state index contributed by atoms with van der Waals surface area (Å²) in [6.07, 6.45) is 0.163. The normalized spacial score (nSPS) is 13.1. The van der Waals surface area contributed by atoms with Gasteiger partial charge in [-0.15, -0.1) is 11.3 Å². The Kier molecular flexibility index (Phi) is 5.70. The monoisotopic (exact) mass is 278 g/mol. The molecule has 0 aromatic carbocycles. The van der Waals surface area contributed by atoms with Gasteiger partial charge in [0, 0.05) is 11.5 Å². The summed E-state index contributed by atoms with van der Waals surface area (Å²) in [7, 11) is 0. The molecule has 1 rings (SSSR count). The Morgan fingerprint density at radius 2 is 2.29 bits per heavy atom. The molecule has 0 aliphatic heterocycles. The van der Waals surface area contributed by atoms with Crippen LogP contribution in [-0.2, 0) is 16.1 Å². The van der Waals surface area contributed by atoms with Gasteiger partial charge in [-0.2, -0.15) is 0 Å². The van der Waals surface area contributed by atoms with E-state index in [1.54, 1.807) is 11.3 Å². The fourth-order valence-electron chi connectivity index (χ4n) is 0.986. The van der Waals surface area contributed by atoms with Gasteiger partial charge in [-0.1, -0.05) is 0 Å². The topological polar surface area (TPSA) is 18.5 Å². The summed E-state index contributed by atoms with van der Waals surface area (Å²) in [4.78, 5) is 1.24. The molecule has 0 spiro atoms. The van der Waals surface area contributed by atoms with E-state index in [1.807, 2.05) is 19.9 Å². The Bertz CT molecular complexity index is 262. The number of ether oxygens (including phenoxy) is 2. The van der Waals surface area contributed by atoms with E-state index in [2.05, 4.69) is 22.0 Å². The summed E-state index contributed by atoms with van der Waals surface area (Å²) >= 11 is 5.12. The molecule has 4 heteroatoms. The van der Waals surface area contributed by atoms with Gasteiger partial charge < -0.3 is 9.47 Å². The van der Waals surface area contributed by atoms with Crippen molar-refractivity contribution in [3.8, 4) is 0 Å². The molecule has 1 unspecified atom stereocenters. The quantitative estimate of drug-likeness (QED) is 0.794. The summed E-state index contributed by atoms with van der Waals surface area (Å²) in [5.74, 6) is 0. The maximum atomic E-state index is 5.61. The zero-order valence-electron chi connectivity index (χ0n) is 8.46. The largest absolute Gasteiger partial charge is 0.379 e. The standard InChI is InChI=1S/C10H15BrO2S/c1-3-12-6-8(2)13-7-9-4-5-10(11)14-9/h4-5,8H,3,6-7H2,1-2H3. The van der Waals surface area contributed by atoms with Crippen LogP contribution in [0.3, 0.4) is 0 Å². The molecule has 0 radical (unpaired) electrons. The zero-order valence-corrected chi connectivity index (χ0v) is 10.9. The number of hydrogen-bond donors (Lipinski definition) is 0. The summed E-state index contributed by atoms with van der Waals surface area (Å²) in [6.45, 7) is 6.10. The molecule has 14 heavy (non-hydrogen) atoms. The molecule has 80 valence electrons. The predicted molar refractivity (Wildman–Crippen MR) is 62.8 cm³/mol. The van der Waals surface area contributed by atoms with Crippen molar-refractivity contribution in [1.82, 2.24) is 0 Å². The summed E-state index contributed by atoms with van der Waals surface area (Å²) in [5, 5.41) is 0. The highest BCUT2D eigenvalue weighted by atomic mass is 79.9. The van der Waals surface area contributed by atoms with Crippen LogP contribution in [0, 0.1) is 0 Å². The Labute approximate surface area is 97.4 Å². The van der Waals surface area contributed by atoms with Crippen LogP contribution in [0.15, 0.2) is 15.9 Å². The molecule has 2 nitrogen and oxygen atoms in total. The average Bonchev–Trinajstić information content (AvgIpc) is 2.58. The predicted octanol–water partition coefficient (Wildman–Crippen LogP) is 3.45. The van der Waals surface area contributed by atoms with Crippen molar-refractivity contribution < 1.29 is 9.47 Å². The van der Waals surface area contributed by atoms with Crippen molar-refractivity contribution in [3.63, 3.8) is 0 Å². The molecule has 0 N–H and O–H groups in total. The van der Waals surface area contributed by atoms with Crippen LogP contribution in [0.4, 0.5) is 0 Å². The van der Waals surface area contributed by atoms with Gasteiger partial charge in [0.15, 0.2) is 0 Å². The molecule has 0 saturated carbocycles. The van der Waals surface area contributed by atoms with E-state index in [4.69, 9.17) is 9.47 Å². The Balaban J connectivity index is 2.20. The highest BCUT2D eigenvalue weighted by Gasteiger charge is 2.03. The maximum absolute atomic E-state index is 5.61. The van der Waals surface area contributed by atoms with Crippen LogP contribution in [0.25, 0.3) is 0 Å². The smallest absolute Gasteiger partial charge is 0.0814 e. The van der Waals surface area contributed by atoms with E-state index in [9.17, 15) is 0 Å². The van der Waals surface area contributed by atoms with Crippen LogP contribution >= 0.6 is 27.3 Å². The number of thiophene rings is 1. The first-order chi connectivity index (χ1) is 6.72. The molecule has 0 fully saturated rings. The molecular weight excluding hydrogens is 264 g/mol. The zero-order chi connectivity index (χ0) is 10.4. The first kappa shape index (κ1) is 12.2. The van der Waals surface area contributed by atoms with Crippen molar-refractivity contribution in [2.24, 2.45) is 0 Å². The van der Waals surface area contributed by atoms with Crippen molar-refractivity contribution in [2.45, 2.75) is 26.6 Å². The molecule has 0 aliphatic rings. The Morgan fingerprint density at radius 3 is 2.86 bits per heavy atom. The minimum absolute atomic E-state index is 0.163. The minimum Gasteiger partial charge on any atom is -0.379 e. The molecule has 0 aliphatic carbocycles. The van der Waals surface area contributed by atoms with Crippen molar-refractivity contribution in [2.75, 3.05) is 13.2 Å². The summed E-state index contributed by atoms with van der Waals surface area (Å²) in [6, 6.07) is 4.11. The maximum Gasteiger partial charge on any atom is 0.0814 e. The van der Waals surface area contributed by atoms with Crippen LogP contribution in [0.1, 0.15) is 18.7 Å². The molecule has 0 amide bonds. The molecule has 1 heterocycles. The van der Waals surface area contributed by atoms with Crippen LogP contribution in [0.5, 0.6) is 0 Å². The van der Waals surface area contributed by atoms with E-state index >= 15 is 0 Å². The highest BCUT2D eigenvalue weighted by Crippen LogP contribution is 2.22. The lowest BCUT2D eigenvalue weighted by atomic mass is 10.4. The number of hydrogen-bond acceptors (Lipinski definition) is 3. The molecule has 1 aromatic rings. The second-order valence-corrected chi connectivity index (χ2v) is 5.53. The Hall–Kier alpha value is 0.1000. The van der Waals surface area contributed by atoms with Gasteiger partial charge in [0.1, 0.15) is 0 Å². The van der Waals surface area contributed by atoms with Gasteiger partial charge in [0.2, 0.25) is 0 Å². The average molecular weight is 279 g/mol. The summed E-state index contributed by atoms with van der Waals surface area (Å²) in [5.41, 5.74) is 0. The lowest BCUT2D eigenvalue weighted by Gasteiger charge is -2.11. The number of halogens is 1. The van der Waals surface area contributed by atoms with E-state index < -0.39 is 0 Å². The molecular formula is C10H15BrO2S. The van der Waals surface area contributed by atoms with E-state index in [0.29, 0.717) is 13.2 Å². The van der Waals surface area contributed by atoms with Crippen LogP contribution in [0.2, 0.25) is 0 Å². The second-order valence-electron chi connectivity index (χ2n) is 2.99. The van der Waals surface area contributed by atoms with Gasteiger partial charge >= 0.3 is 0 Å². The van der Waals surface area contributed by atoms with Crippen LogP contribution in [-0.4, -0.2) is 19.3 Å². The fraction of sp³-hybridized carbons (Fsp3) is 0.600. The third kappa shape index (κ3) is 4.55. The third-order valence-electron chi connectivity index (χ3n) is 1.70. The first-order valence-electron chi connectivity index (χ1n) is 4.66. The first-order valence-corrected chi connectivity index (χ1v) is 6.27. The molecule has 0 bridgehead atoms. The molecule has 1 atom stereocenters.